The Kier molecular flexibility index (Phi) is 11.1. The van der Waals surface area contributed by atoms with Crippen molar-refractivity contribution in [3.05, 3.63) is 95.6 Å². The van der Waals surface area contributed by atoms with E-state index in [0.717, 1.165) is 12.1 Å². The van der Waals surface area contributed by atoms with Crippen molar-refractivity contribution in [3.63, 3.8) is 0 Å². The van der Waals surface area contributed by atoms with Gasteiger partial charge in [0.1, 0.15) is 21.3 Å². The summed E-state index contributed by atoms with van der Waals surface area (Å²) < 4.78 is 76.6. The van der Waals surface area contributed by atoms with Crippen LogP contribution in [0.4, 0.5) is 0 Å². The quantitative estimate of drug-likeness (QED) is 0.148. The van der Waals surface area contributed by atoms with Gasteiger partial charge in [-0.25, -0.2) is 9.59 Å². The van der Waals surface area contributed by atoms with Gasteiger partial charge in [0.15, 0.2) is 0 Å². The van der Waals surface area contributed by atoms with Crippen LogP contribution in [0.1, 0.15) is 26.3 Å². The first-order valence-electron chi connectivity index (χ1n) is 10.5. The molecule has 0 fully saturated rings. The number of carbonyl (C=O) groups is 2. The number of benzene rings is 4. The molecular formula is C25H18Na2O10S2. The molecule has 0 aromatic heterocycles. The van der Waals surface area contributed by atoms with E-state index in [1.807, 2.05) is 0 Å². The number of fused-ring (bicyclic) bond motifs is 1. The molecule has 2 N–H and O–H groups in total. The summed E-state index contributed by atoms with van der Waals surface area (Å²) in [6.07, 6.45) is 0. The van der Waals surface area contributed by atoms with Gasteiger partial charge in [0, 0.05) is 69.9 Å². The molecule has 192 valence electrons. The molecule has 0 aliphatic carbocycles. The minimum absolute atomic E-state index is 0. The Labute approximate surface area is 268 Å². The van der Waals surface area contributed by atoms with E-state index in [-0.39, 0.29) is 81.7 Å². The zero-order valence-corrected chi connectivity index (χ0v) is 26.6. The van der Waals surface area contributed by atoms with E-state index >= 15 is 0 Å². The van der Waals surface area contributed by atoms with Crippen LogP contribution in [-0.2, 0) is 20.2 Å². The van der Waals surface area contributed by atoms with Crippen molar-refractivity contribution in [1.29, 1.82) is 0 Å². The van der Waals surface area contributed by atoms with Crippen molar-refractivity contribution in [2.24, 2.45) is 0 Å². The van der Waals surface area contributed by atoms with E-state index < -0.39 is 42.0 Å². The van der Waals surface area contributed by atoms with Gasteiger partial charge in [-0.1, -0.05) is 48.5 Å². The fraction of sp³-hybridized carbons (Fsp3) is 0.0400. The molecule has 0 atom stereocenters. The summed E-state index contributed by atoms with van der Waals surface area (Å²) in [6.45, 7) is 1.55. The van der Waals surface area contributed by atoms with Crippen LogP contribution in [0.25, 0.3) is 10.8 Å². The van der Waals surface area contributed by atoms with E-state index in [4.69, 9.17) is 9.47 Å². The Hall–Kier alpha value is -2.10. The Morgan fingerprint density at radius 3 is 1.54 bits per heavy atom. The molecule has 0 spiro atoms. The molecule has 0 bridgehead atoms. The summed E-state index contributed by atoms with van der Waals surface area (Å²) in [5.74, 6) is -2.04. The first kappa shape index (κ1) is 33.1. The van der Waals surface area contributed by atoms with Gasteiger partial charge >= 0.3 is 11.9 Å². The average Bonchev–Trinajstić information content (AvgIpc) is 2.85. The van der Waals surface area contributed by atoms with E-state index in [2.05, 4.69) is 0 Å². The predicted octanol–water partition coefficient (Wildman–Crippen LogP) is 3.32. The van der Waals surface area contributed by atoms with Crippen LogP contribution in [0.2, 0.25) is 0 Å². The van der Waals surface area contributed by atoms with Crippen LogP contribution in [-0.4, -0.2) is 97.0 Å². The fourth-order valence-corrected chi connectivity index (χ4v) is 5.05. The predicted molar refractivity (Wildman–Crippen MR) is 143 cm³/mol. The van der Waals surface area contributed by atoms with Crippen molar-refractivity contribution in [2.75, 3.05) is 0 Å². The van der Waals surface area contributed by atoms with Gasteiger partial charge in [-0.05, 0) is 42.8 Å². The van der Waals surface area contributed by atoms with Crippen LogP contribution < -0.4 is 9.47 Å². The summed E-state index contributed by atoms with van der Waals surface area (Å²) in [4.78, 5) is 24.5. The number of esters is 2. The molecule has 0 amide bonds. The fourth-order valence-electron chi connectivity index (χ4n) is 3.69. The third kappa shape index (κ3) is 7.35. The summed E-state index contributed by atoms with van der Waals surface area (Å²) in [5.41, 5.74) is -0.447. The third-order valence-electron chi connectivity index (χ3n) is 5.31. The van der Waals surface area contributed by atoms with E-state index in [0.29, 0.717) is 16.3 Å². The van der Waals surface area contributed by atoms with E-state index in [9.17, 15) is 35.5 Å². The third-order valence-corrected chi connectivity index (χ3v) is 7.13. The Morgan fingerprint density at radius 1 is 0.641 bits per heavy atom. The maximum absolute atomic E-state index is 12.9. The van der Waals surface area contributed by atoms with Crippen LogP contribution in [0.3, 0.4) is 0 Å². The minimum Gasteiger partial charge on any atom is -0.422 e. The molecule has 39 heavy (non-hydrogen) atoms. The SMILES string of the molecule is Cc1cc(OC(=O)c2ccccc2S(=O)(=O)O)c2ccccc2c1OC(=O)c1ccccc1S(=O)(=O)O.[Na].[Na]. The Bertz CT molecular complexity index is 1790. The van der Waals surface area contributed by atoms with Crippen molar-refractivity contribution in [1.82, 2.24) is 0 Å². The second kappa shape index (κ2) is 13.0. The molecule has 0 saturated heterocycles. The molecule has 0 aliphatic heterocycles. The number of rotatable bonds is 6. The molecule has 4 rings (SSSR count). The zero-order valence-electron chi connectivity index (χ0n) is 21.0. The van der Waals surface area contributed by atoms with Crippen molar-refractivity contribution < 1.29 is 45.0 Å². The largest absolute Gasteiger partial charge is 0.422 e. The topological polar surface area (TPSA) is 161 Å². The van der Waals surface area contributed by atoms with E-state index in [1.165, 1.54) is 42.5 Å². The first-order chi connectivity index (χ1) is 17.4. The van der Waals surface area contributed by atoms with Crippen molar-refractivity contribution in [2.45, 2.75) is 16.7 Å². The second-order valence-electron chi connectivity index (χ2n) is 7.79. The van der Waals surface area contributed by atoms with E-state index in [1.54, 1.807) is 31.2 Å². The van der Waals surface area contributed by atoms with Crippen molar-refractivity contribution >= 4 is 102 Å². The molecule has 0 aliphatic rings. The molecule has 14 heteroatoms. The number of hydrogen-bond donors (Lipinski definition) is 2. The molecule has 0 saturated carbocycles. The average molecular weight is 589 g/mol. The van der Waals surface area contributed by atoms with Crippen LogP contribution in [0.15, 0.2) is 88.7 Å². The second-order valence-corrected chi connectivity index (χ2v) is 10.6. The molecule has 4 aromatic rings. The number of aryl methyl sites for hydroxylation is 1. The zero-order chi connectivity index (χ0) is 27.0. The van der Waals surface area contributed by atoms with Gasteiger partial charge in [0.2, 0.25) is 0 Å². The van der Waals surface area contributed by atoms with Crippen molar-refractivity contribution in [3.8, 4) is 11.5 Å². The number of ether oxygens (including phenoxy) is 2. The van der Waals surface area contributed by atoms with Gasteiger partial charge in [-0.3, -0.25) is 9.11 Å². The monoisotopic (exact) mass is 588 g/mol. The number of hydrogen-bond acceptors (Lipinski definition) is 8. The standard InChI is InChI=1S/C25H18O10S2.2Na/c1-15-14-20(34-24(26)18-10-4-6-12-21(18)36(28,29)30)16-8-2-3-9-17(16)23(15)35-25(27)19-11-5-7-13-22(19)37(31,32)33;;/h2-14H,1H3,(H,28,29,30)(H,31,32,33);;. The smallest absolute Gasteiger partial charge is 0.344 e. The summed E-state index contributed by atoms with van der Waals surface area (Å²) in [5, 5.41) is 0.641. The molecule has 0 heterocycles. The van der Waals surface area contributed by atoms with Gasteiger partial charge < -0.3 is 9.47 Å². The Balaban J connectivity index is 0.00000267. The van der Waals surface area contributed by atoms with Gasteiger partial charge in [0.05, 0.1) is 11.1 Å². The van der Waals surface area contributed by atoms with Gasteiger partial charge in [-0.15, -0.1) is 0 Å². The van der Waals surface area contributed by atoms with Crippen LogP contribution >= 0.6 is 0 Å². The molecule has 10 nitrogen and oxygen atoms in total. The summed E-state index contributed by atoms with van der Waals surface area (Å²) in [6, 6.07) is 17.7. The molecular weight excluding hydrogens is 570 g/mol. The number of carbonyl (C=O) groups excluding carboxylic acids is 2. The summed E-state index contributed by atoms with van der Waals surface area (Å²) >= 11 is 0. The Morgan fingerprint density at radius 2 is 1.05 bits per heavy atom. The van der Waals surface area contributed by atoms with Gasteiger partial charge in [-0.2, -0.15) is 16.8 Å². The molecule has 0 unspecified atom stereocenters. The molecule has 2 radical (unpaired) electrons. The van der Waals surface area contributed by atoms with Crippen LogP contribution in [0, 0.1) is 6.92 Å². The summed E-state index contributed by atoms with van der Waals surface area (Å²) in [7, 11) is -9.40. The minimum atomic E-state index is -4.70. The first-order valence-corrected chi connectivity index (χ1v) is 13.4. The normalized spacial score (nSPS) is 11.2. The van der Waals surface area contributed by atoms with Crippen LogP contribution in [0.5, 0.6) is 11.5 Å². The molecule has 4 aromatic carbocycles. The maximum Gasteiger partial charge on any atom is 0.344 e. The maximum atomic E-state index is 12.9. The van der Waals surface area contributed by atoms with Gasteiger partial charge in [0.25, 0.3) is 20.2 Å².